The first-order valence-corrected chi connectivity index (χ1v) is 7.64. The molecule has 1 aromatic carbocycles. The van der Waals surface area contributed by atoms with Crippen molar-refractivity contribution in [2.45, 2.75) is 19.9 Å². The third kappa shape index (κ3) is 5.30. The zero-order valence-electron chi connectivity index (χ0n) is 10.1. The molecular formula is C12H21NO2Si. The fourth-order valence-corrected chi connectivity index (χ4v) is 3.03. The van der Waals surface area contributed by atoms with Crippen LogP contribution in [0.25, 0.3) is 0 Å². The molecule has 16 heavy (non-hydrogen) atoms. The summed E-state index contributed by atoms with van der Waals surface area (Å²) in [4.78, 5) is 0. The maximum Gasteiger partial charge on any atom is 0.323 e. The van der Waals surface area contributed by atoms with E-state index in [9.17, 15) is 0 Å². The Hall–Kier alpha value is -0.843. The fourth-order valence-electron chi connectivity index (χ4n) is 1.48. The molecule has 0 aliphatic carbocycles. The second-order valence-corrected chi connectivity index (χ2v) is 5.52. The van der Waals surface area contributed by atoms with Crippen molar-refractivity contribution in [3.63, 3.8) is 0 Å². The van der Waals surface area contributed by atoms with Crippen LogP contribution >= 0.6 is 0 Å². The summed E-state index contributed by atoms with van der Waals surface area (Å²) < 4.78 is 11.2. The molecule has 1 N–H and O–H groups in total. The van der Waals surface area contributed by atoms with Crippen molar-refractivity contribution < 1.29 is 8.85 Å². The highest BCUT2D eigenvalue weighted by Crippen LogP contribution is 2.06. The van der Waals surface area contributed by atoms with E-state index < -0.39 is 9.28 Å². The summed E-state index contributed by atoms with van der Waals surface area (Å²) >= 11 is 0. The Morgan fingerprint density at radius 2 is 1.69 bits per heavy atom. The van der Waals surface area contributed by atoms with Gasteiger partial charge in [-0.25, -0.2) is 0 Å². The smallest absolute Gasteiger partial charge is 0.323 e. The molecule has 0 spiro atoms. The Bertz CT molecular complexity index is 263. The lowest BCUT2D eigenvalue weighted by atomic mass is 10.3. The zero-order chi connectivity index (χ0) is 11.6. The highest BCUT2D eigenvalue weighted by molar-refractivity contribution is 6.44. The molecule has 3 nitrogen and oxygen atoms in total. The highest BCUT2D eigenvalue weighted by atomic mass is 28.3. The molecule has 90 valence electrons. The topological polar surface area (TPSA) is 30.5 Å². The number of benzene rings is 1. The Balaban J connectivity index is 2.22. The van der Waals surface area contributed by atoms with Gasteiger partial charge in [-0.2, -0.15) is 0 Å². The Morgan fingerprint density at radius 1 is 1.06 bits per heavy atom. The SMILES string of the molecule is CCO[SiH](CCNc1ccccc1)OCC. The van der Waals surface area contributed by atoms with Gasteiger partial charge in [0.05, 0.1) is 0 Å². The summed E-state index contributed by atoms with van der Waals surface area (Å²) in [6, 6.07) is 11.2. The van der Waals surface area contributed by atoms with Crippen LogP contribution in [-0.4, -0.2) is 29.0 Å². The van der Waals surface area contributed by atoms with Crippen LogP contribution in [0.15, 0.2) is 30.3 Å². The van der Waals surface area contributed by atoms with Crippen LogP contribution in [-0.2, 0) is 8.85 Å². The van der Waals surface area contributed by atoms with Gasteiger partial charge in [-0.15, -0.1) is 0 Å². The fraction of sp³-hybridized carbons (Fsp3) is 0.500. The molecule has 1 aromatic rings. The lowest BCUT2D eigenvalue weighted by Crippen LogP contribution is -2.25. The molecule has 0 radical (unpaired) electrons. The Morgan fingerprint density at radius 3 is 2.25 bits per heavy atom. The van der Waals surface area contributed by atoms with E-state index in [1.54, 1.807) is 0 Å². The maximum absolute atomic E-state index is 5.60. The highest BCUT2D eigenvalue weighted by Gasteiger charge is 2.10. The van der Waals surface area contributed by atoms with E-state index in [0.29, 0.717) is 0 Å². The number of nitrogens with one attached hydrogen (secondary N) is 1. The van der Waals surface area contributed by atoms with Crippen molar-refractivity contribution in [2.24, 2.45) is 0 Å². The van der Waals surface area contributed by atoms with Gasteiger partial charge < -0.3 is 14.2 Å². The van der Waals surface area contributed by atoms with Gasteiger partial charge in [0, 0.05) is 31.5 Å². The molecule has 0 fully saturated rings. The molecule has 0 aliphatic heterocycles. The van der Waals surface area contributed by atoms with E-state index in [4.69, 9.17) is 8.85 Å². The molecule has 0 heterocycles. The monoisotopic (exact) mass is 239 g/mol. The van der Waals surface area contributed by atoms with Gasteiger partial charge in [-0.3, -0.25) is 0 Å². The molecule has 0 saturated carbocycles. The summed E-state index contributed by atoms with van der Waals surface area (Å²) in [5.74, 6) is 0. The number of hydrogen-bond acceptors (Lipinski definition) is 3. The largest absolute Gasteiger partial charge is 0.397 e. The summed E-state index contributed by atoms with van der Waals surface area (Å²) in [7, 11) is -1.44. The normalized spacial score (nSPS) is 10.7. The van der Waals surface area contributed by atoms with Crippen LogP contribution in [0, 0.1) is 0 Å². The van der Waals surface area contributed by atoms with Gasteiger partial charge in [0.2, 0.25) is 0 Å². The first-order chi connectivity index (χ1) is 7.86. The minimum atomic E-state index is -1.44. The van der Waals surface area contributed by atoms with Gasteiger partial charge in [-0.05, 0) is 26.0 Å². The molecule has 0 aliphatic rings. The van der Waals surface area contributed by atoms with E-state index in [1.165, 1.54) is 0 Å². The second kappa shape index (κ2) is 8.33. The number of para-hydroxylation sites is 1. The number of hydrogen-bond donors (Lipinski definition) is 1. The first kappa shape index (κ1) is 13.2. The van der Waals surface area contributed by atoms with Crippen LogP contribution in [0.2, 0.25) is 6.04 Å². The predicted octanol–water partition coefficient (Wildman–Crippen LogP) is 2.39. The zero-order valence-corrected chi connectivity index (χ0v) is 11.3. The second-order valence-electron chi connectivity index (χ2n) is 3.42. The lowest BCUT2D eigenvalue weighted by molar-refractivity contribution is 0.214. The summed E-state index contributed by atoms with van der Waals surface area (Å²) in [6.45, 7) is 6.46. The average Bonchev–Trinajstić information content (AvgIpc) is 2.31. The van der Waals surface area contributed by atoms with Gasteiger partial charge in [0.15, 0.2) is 0 Å². The summed E-state index contributed by atoms with van der Waals surface area (Å²) in [5.41, 5.74) is 1.16. The van der Waals surface area contributed by atoms with Crippen LogP contribution in [0.5, 0.6) is 0 Å². The third-order valence-corrected chi connectivity index (χ3v) is 4.36. The van der Waals surface area contributed by atoms with Gasteiger partial charge >= 0.3 is 9.28 Å². The van der Waals surface area contributed by atoms with Crippen LogP contribution in [0.3, 0.4) is 0 Å². The molecule has 0 saturated heterocycles. The molecule has 1 rings (SSSR count). The summed E-state index contributed by atoms with van der Waals surface area (Å²) in [5, 5.41) is 3.37. The van der Waals surface area contributed by atoms with Gasteiger partial charge in [-0.1, -0.05) is 18.2 Å². The molecule has 0 aromatic heterocycles. The lowest BCUT2D eigenvalue weighted by Gasteiger charge is -2.15. The van der Waals surface area contributed by atoms with Crippen LogP contribution < -0.4 is 5.32 Å². The maximum atomic E-state index is 5.60. The van der Waals surface area contributed by atoms with Crippen molar-refractivity contribution in [1.82, 2.24) is 0 Å². The standard InChI is InChI=1S/C12H21NO2Si/c1-3-14-16(15-4-2)11-10-13-12-8-6-5-7-9-12/h5-9,13,16H,3-4,10-11H2,1-2H3. The predicted molar refractivity (Wildman–Crippen MR) is 70.1 cm³/mol. The van der Waals surface area contributed by atoms with E-state index in [0.717, 1.165) is 31.5 Å². The Labute approximate surface area is 99.6 Å². The van der Waals surface area contributed by atoms with Crippen molar-refractivity contribution in [2.75, 3.05) is 25.1 Å². The molecule has 0 amide bonds. The average molecular weight is 239 g/mol. The van der Waals surface area contributed by atoms with Gasteiger partial charge in [0.25, 0.3) is 0 Å². The minimum Gasteiger partial charge on any atom is -0.397 e. The van der Waals surface area contributed by atoms with E-state index in [1.807, 2.05) is 32.0 Å². The number of rotatable bonds is 8. The van der Waals surface area contributed by atoms with E-state index >= 15 is 0 Å². The quantitative estimate of drug-likeness (QED) is 0.707. The first-order valence-electron chi connectivity index (χ1n) is 5.89. The van der Waals surface area contributed by atoms with E-state index in [-0.39, 0.29) is 0 Å². The molecule has 4 heteroatoms. The molecular weight excluding hydrogens is 218 g/mol. The van der Waals surface area contributed by atoms with Crippen LogP contribution in [0.4, 0.5) is 5.69 Å². The van der Waals surface area contributed by atoms with E-state index in [2.05, 4.69) is 17.4 Å². The van der Waals surface area contributed by atoms with Crippen molar-refractivity contribution in [3.8, 4) is 0 Å². The number of anilines is 1. The van der Waals surface area contributed by atoms with Crippen molar-refractivity contribution >= 4 is 15.0 Å². The summed E-state index contributed by atoms with van der Waals surface area (Å²) in [6.07, 6.45) is 0. The Kier molecular flexibility index (Phi) is 6.88. The molecule has 0 bridgehead atoms. The molecule has 0 atom stereocenters. The van der Waals surface area contributed by atoms with Crippen molar-refractivity contribution in [1.29, 1.82) is 0 Å². The third-order valence-electron chi connectivity index (χ3n) is 2.19. The molecule has 0 unspecified atom stereocenters. The van der Waals surface area contributed by atoms with Gasteiger partial charge in [0.1, 0.15) is 0 Å². The minimum absolute atomic E-state index is 0.752. The van der Waals surface area contributed by atoms with Crippen molar-refractivity contribution in [3.05, 3.63) is 30.3 Å². The van der Waals surface area contributed by atoms with Crippen LogP contribution in [0.1, 0.15) is 13.8 Å².